The summed E-state index contributed by atoms with van der Waals surface area (Å²) in [5.74, 6) is 3.26. The Morgan fingerprint density at radius 3 is 2.79 bits per heavy atom. The van der Waals surface area contributed by atoms with E-state index in [1.165, 1.54) is 12.8 Å². The smallest absolute Gasteiger partial charge is 0.191 e. The van der Waals surface area contributed by atoms with Crippen molar-refractivity contribution in [3.63, 3.8) is 0 Å². The summed E-state index contributed by atoms with van der Waals surface area (Å²) in [6, 6.07) is 8.13. The first-order valence-corrected chi connectivity index (χ1v) is 8.24. The largest absolute Gasteiger partial charge is 0.493 e. The first kappa shape index (κ1) is 16.3. The van der Waals surface area contributed by atoms with E-state index >= 15 is 0 Å². The molecule has 1 aliphatic carbocycles. The van der Waals surface area contributed by atoms with Crippen LogP contribution in [0, 0.1) is 5.92 Å². The highest BCUT2D eigenvalue weighted by Gasteiger charge is 2.22. The van der Waals surface area contributed by atoms with Gasteiger partial charge in [-0.25, -0.2) is 0 Å². The zero-order valence-corrected chi connectivity index (χ0v) is 14.2. The van der Waals surface area contributed by atoms with Crippen molar-refractivity contribution < 1.29 is 4.74 Å². The molecule has 1 aromatic carbocycles. The van der Waals surface area contributed by atoms with Crippen LogP contribution in [0.3, 0.4) is 0 Å². The summed E-state index contributed by atoms with van der Waals surface area (Å²) in [6.07, 6.45) is 4.26. The number of para-hydroxylation sites is 1. The number of benzene rings is 1. The summed E-state index contributed by atoms with van der Waals surface area (Å²) in [7, 11) is 3.67. The number of ether oxygens (including phenoxy) is 1. The van der Waals surface area contributed by atoms with Gasteiger partial charge in [0.05, 0.1) is 13.2 Å². The maximum absolute atomic E-state index is 5.94. The fraction of sp³-hybridized carbons (Fsp3) is 0.471. The molecule has 0 unspecified atom stereocenters. The van der Waals surface area contributed by atoms with Gasteiger partial charge in [0.15, 0.2) is 11.8 Å². The van der Waals surface area contributed by atoms with Crippen LogP contribution in [-0.4, -0.2) is 34.4 Å². The van der Waals surface area contributed by atoms with E-state index in [1.54, 1.807) is 13.4 Å². The normalized spacial score (nSPS) is 14.5. The summed E-state index contributed by atoms with van der Waals surface area (Å²) in [5, 5.41) is 14.5. The van der Waals surface area contributed by atoms with Crippen molar-refractivity contribution in [3.8, 4) is 5.75 Å². The number of nitrogens with zero attached hydrogens (tertiary/aromatic N) is 4. The molecule has 0 spiro atoms. The van der Waals surface area contributed by atoms with Crippen molar-refractivity contribution in [2.45, 2.75) is 25.9 Å². The van der Waals surface area contributed by atoms with Crippen LogP contribution in [0.2, 0.25) is 0 Å². The van der Waals surface area contributed by atoms with Crippen molar-refractivity contribution in [3.05, 3.63) is 42.0 Å². The number of hydrogen-bond acceptors (Lipinski definition) is 4. The van der Waals surface area contributed by atoms with Gasteiger partial charge in [-0.3, -0.25) is 4.99 Å². The van der Waals surface area contributed by atoms with Gasteiger partial charge in [0.2, 0.25) is 0 Å². The molecule has 24 heavy (non-hydrogen) atoms. The second kappa shape index (κ2) is 7.81. The third-order valence-electron chi connectivity index (χ3n) is 4.03. The summed E-state index contributed by atoms with van der Waals surface area (Å²) < 4.78 is 7.82. The van der Waals surface area contributed by atoms with Gasteiger partial charge in [-0.1, -0.05) is 18.2 Å². The van der Waals surface area contributed by atoms with Gasteiger partial charge in [0, 0.05) is 26.2 Å². The van der Waals surface area contributed by atoms with Crippen molar-refractivity contribution in [1.29, 1.82) is 0 Å². The van der Waals surface area contributed by atoms with E-state index in [-0.39, 0.29) is 0 Å². The van der Waals surface area contributed by atoms with Crippen LogP contribution < -0.4 is 15.4 Å². The number of aryl methyl sites for hydroxylation is 1. The number of aliphatic imine (C=N–C) groups is 1. The fourth-order valence-corrected chi connectivity index (χ4v) is 2.31. The maximum atomic E-state index is 5.94. The monoisotopic (exact) mass is 328 g/mol. The molecule has 2 N–H and O–H groups in total. The SMILES string of the molecule is CN=C(NCc1ccccc1OCC1CC1)NCc1nncn1C. The summed E-state index contributed by atoms with van der Waals surface area (Å²) in [4.78, 5) is 4.24. The van der Waals surface area contributed by atoms with Crippen molar-refractivity contribution in [1.82, 2.24) is 25.4 Å². The number of nitrogens with one attached hydrogen (secondary N) is 2. The number of rotatable bonds is 7. The van der Waals surface area contributed by atoms with Gasteiger partial charge in [0.25, 0.3) is 0 Å². The van der Waals surface area contributed by atoms with Crippen LogP contribution in [0.1, 0.15) is 24.2 Å². The molecule has 7 nitrogen and oxygen atoms in total. The Hall–Kier alpha value is -2.57. The predicted molar refractivity (Wildman–Crippen MR) is 92.7 cm³/mol. The minimum atomic E-state index is 0.565. The molecule has 7 heteroatoms. The lowest BCUT2D eigenvalue weighted by atomic mass is 10.2. The molecule has 0 bridgehead atoms. The summed E-state index contributed by atoms with van der Waals surface area (Å²) in [6.45, 7) is 2.03. The molecule has 0 aliphatic heterocycles. The van der Waals surface area contributed by atoms with Gasteiger partial charge in [-0.15, -0.1) is 10.2 Å². The topological polar surface area (TPSA) is 76.4 Å². The Morgan fingerprint density at radius 1 is 1.29 bits per heavy atom. The number of guanidine groups is 1. The average Bonchev–Trinajstić information content (AvgIpc) is 3.35. The Morgan fingerprint density at radius 2 is 2.08 bits per heavy atom. The Bertz CT molecular complexity index is 692. The molecule has 2 aromatic rings. The average molecular weight is 328 g/mol. The molecule has 1 saturated carbocycles. The number of aromatic nitrogens is 3. The molecule has 128 valence electrons. The Kier molecular flexibility index (Phi) is 5.30. The standard InChI is InChI=1S/C17H24N6O/c1-18-17(20-10-16-22-21-12-23(16)2)19-9-14-5-3-4-6-15(14)24-11-13-7-8-13/h3-6,12-13H,7-11H2,1-2H3,(H2,18,19,20). The lowest BCUT2D eigenvalue weighted by Crippen LogP contribution is -2.37. The van der Waals surface area contributed by atoms with Gasteiger partial charge < -0.3 is 19.9 Å². The highest BCUT2D eigenvalue weighted by atomic mass is 16.5. The lowest BCUT2D eigenvalue weighted by molar-refractivity contribution is 0.296. The molecule has 0 saturated heterocycles. The van der Waals surface area contributed by atoms with E-state index in [1.807, 2.05) is 29.8 Å². The van der Waals surface area contributed by atoms with Crippen LogP contribution in [0.5, 0.6) is 5.75 Å². The van der Waals surface area contributed by atoms with Gasteiger partial charge in [0.1, 0.15) is 12.1 Å². The van der Waals surface area contributed by atoms with Crippen LogP contribution in [-0.2, 0) is 20.1 Å². The second-order valence-electron chi connectivity index (χ2n) is 6.00. The van der Waals surface area contributed by atoms with E-state index in [9.17, 15) is 0 Å². The van der Waals surface area contributed by atoms with Crippen LogP contribution >= 0.6 is 0 Å². The molecule has 0 atom stereocenters. The molecule has 1 aromatic heterocycles. The second-order valence-corrected chi connectivity index (χ2v) is 6.00. The van der Waals surface area contributed by atoms with Gasteiger partial charge >= 0.3 is 0 Å². The molecule has 0 amide bonds. The minimum Gasteiger partial charge on any atom is -0.493 e. The lowest BCUT2D eigenvalue weighted by Gasteiger charge is -2.14. The fourth-order valence-electron chi connectivity index (χ4n) is 2.31. The molecule has 1 aliphatic rings. The highest BCUT2D eigenvalue weighted by Crippen LogP contribution is 2.30. The van der Waals surface area contributed by atoms with Crippen molar-refractivity contribution in [2.24, 2.45) is 18.0 Å². The van der Waals surface area contributed by atoms with E-state index in [0.29, 0.717) is 13.1 Å². The molecule has 3 rings (SSSR count). The minimum absolute atomic E-state index is 0.565. The van der Waals surface area contributed by atoms with Crippen molar-refractivity contribution in [2.75, 3.05) is 13.7 Å². The Labute approximate surface area is 142 Å². The third kappa shape index (κ3) is 4.47. The first-order valence-electron chi connectivity index (χ1n) is 8.24. The van der Waals surface area contributed by atoms with Gasteiger partial charge in [-0.2, -0.15) is 0 Å². The summed E-state index contributed by atoms with van der Waals surface area (Å²) in [5.41, 5.74) is 1.12. The zero-order chi connectivity index (χ0) is 16.8. The van der Waals surface area contributed by atoms with E-state index in [2.05, 4.69) is 31.9 Å². The van der Waals surface area contributed by atoms with Crippen LogP contribution in [0.15, 0.2) is 35.6 Å². The number of hydrogen-bond donors (Lipinski definition) is 2. The molecule has 1 fully saturated rings. The van der Waals surface area contributed by atoms with Crippen molar-refractivity contribution >= 4 is 5.96 Å². The summed E-state index contributed by atoms with van der Waals surface area (Å²) >= 11 is 0. The molecular formula is C17H24N6O. The molecular weight excluding hydrogens is 304 g/mol. The third-order valence-corrected chi connectivity index (χ3v) is 4.03. The quantitative estimate of drug-likeness (QED) is 0.594. The Balaban J connectivity index is 1.52. The molecule has 0 radical (unpaired) electrons. The predicted octanol–water partition coefficient (Wildman–Crippen LogP) is 1.47. The first-order chi connectivity index (χ1) is 11.8. The highest BCUT2D eigenvalue weighted by molar-refractivity contribution is 5.79. The molecule has 1 heterocycles. The van der Waals surface area contributed by atoms with Gasteiger partial charge in [-0.05, 0) is 24.8 Å². The van der Waals surface area contributed by atoms with E-state index in [4.69, 9.17) is 4.74 Å². The zero-order valence-electron chi connectivity index (χ0n) is 14.2. The van der Waals surface area contributed by atoms with E-state index < -0.39 is 0 Å². The van der Waals surface area contributed by atoms with E-state index in [0.717, 1.165) is 35.6 Å². The van der Waals surface area contributed by atoms with Crippen LogP contribution in [0.4, 0.5) is 0 Å². The maximum Gasteiger partial charge on any atom is 0.191 e. The van der Waals surface area contributed by atoms with Crippen LogP contribution in [0.25, 0.3) is 0 Å².